The predicted molar refractivity (Wildman–Crippen MR) is 158 cm³/mol. The smallest absolute Gasteiger partial charge is 0.306 e. The molecule has 0 aromatic carbocycles. The quantitative estimate of drug-likeness (QED) is 0.128. The Balaban J connectivity index is 1.42. The zero-order valence-electron chi connectivity index (χ0n) is 26.0. The maximum atomic E-state index is 13.2. The number of rotatable bonds is 14. The zero-order valence-corrected chi connectivity index (χ0v) is 26.0. The number of hydrogen-bond acceptors (Lipinski definition) is 7. The third-order valence-corrected chi connectivity index (χ3v) is 11.2. The SMILES string of the molecule is CCCCCCCCCCCCCC(=O)O[C@H]1[C@@H](C)[C@@]2(O)[C@@H](C=C(CO)C[C@]3(O)C(=O)C(C)=C[C@@H]23)[C@@H]2C(C)(C)[C@@]21O. The molecule has 2 fully saturated rings. The van der Waals surface area contributed by atoms with Gasteiger partial charge in [-0.15, -0.1) is 0 Å². The van der Waals surface area contributed by atoms with Crippen LogP contribution in [0.4, 0.5) is 0 Å². The largest absolute Gasteiger partial charge is 0.459 e. The summed E-state index contributed by atoms with van der Waals surface area (Å²) in [6.45, 7) is 9.07. The minimum Gasteiger partial charge on any atom is -0.459 e. The second kappa shape index (κ2) is 12.2. The van der Waals surface area contributed by atoms with E-state index >= 15 is 0 Å². The van der Waals surface area contributed by atoms with Crippen molar-refractivity contribution in [2.24, 2.45) is 29.1 Å². The molecule has 0 heterocycles. The van der Waals surface area contributed by atoms with Crippen molar-refractivity contribution in [3.63, 3.8) is 0 Å². The number of aliphatic hydroxyl groups excluding tert-OH is 1. The summed E-state index contributed by atoms with van der Waals surface area (Å²) >= 11 is 0. The fraction of sp³-hybridized carbons (Fsp3) is 0.824. The van der Waals surface area contributed by atoms with Crippen LogP contribution in [0.5, 0.6) is 0 Å². The van der Waals surface area contributed by atoms with E-state index in [2.05, 4.69) is 6.92 Å². The third-order valence-electron chi connectivity index (χ3n) is 11.2. The van der Waals surface area contributed by atoms with Gasteiger partial charge in [0.15, 0.2) is 5.78 Å². The van der Waals surface area contributed by atoms with Crippen molar-refractivity contribution < 1.29 is 34.8 Å². The summed E-state index contributed by atoms with van der Waals surface area (Å²) in [5.41, 5.74) is -4.76. The fourth-order valence-corrected chi connectivity index (χ4v) is 8.74. The van der Waals surface area contributed by atoms with Gasteiger partial charge in [-0.1, -0.05) is 104 Å². The van der Waals surface area contributed by atoms with Crippen molar-refractivity contribution >= 4 is 11.8 Å². The number of esters is 1. The maximum Gasteiger partial charge on any atom is 0.306 e. The first-order valence-electron chi connectivity index (χ1n) is 16.2. The molecule has 0 aromatic heterocycles. The van der Waals surface area contributed by atoms with Gasteiger partial charge in [-0.3, -0.25) is 9.59 Å². The molecular formula is C34H54O7. The van der Waals surface area contributed by atoms with E-state index in [1.54, 1.807) is 26.0 Å². The molecule has 0 spiro atoms. The Kier molecular flexibility index (Phi) is 9.65. The second-order valence-corrected chi connectivity index (χ2v) is 14.2. The lowest BCUT2D eigenvalue weighted by atomic mass is 9.59. The lowest BCUT2D eigenvalue weighted by Gasteiger charge is -2.52. The number of unbranched alkanes of at least 4 members (excludes halogenated alkanes) is 10. The van der Waals surface area contributed by atoms with Gasteiger partial charge >= 0.3 is 5.97 Å². The van der Waals surface area contributed by atoms with Crippen LogP contribution in [0.3, 0.4) is 0 Å². The van der Waals surface area contributed by atoms with Crippen LogP contribution in [0.1, 0.15) is 118 Å². The monoisotopic (exact) mass is 574 g/mol. The lowest BCUT2D eigenvalue weighted by molar-refractivity contribution is -0.221. The molecular weight excluding hydrogens is 520 g/mol. The first-order chi connectivity index (χ1) is 19.3. The molecule has 8 atom stereocenters. The van der Waals surface area contributed by atoms with Crippen LogP contribution in [0.2, 0.25) is 0 Å². The third kappa shape index (κ3) is 5.38. The highest BCUT2D eigenvalue weighted by Gasteiger charge is 2.85. The Bertz CT molecular complexity index is 1050. The van der Waals surface area contributed by atoms with E-state index in [0.717, 1.165) is 19.3 Å². The second-order valence-electron chi connectivity index (χ2n) is 14.2. The number of carbonyl (C=O) groups is 2. The molecule has 0 saturated heterocycles. The summed E-state index contributed by atoms with van der Waals surface area (Å²) in [6.07, 6.45) is 15.6. The molecule has 232 valence electrons. The lowest BCUT2D eigenvalue weighted by Crippen LogP contribution is -2.65. The summed E-state index contributed by atoms with van der Waals surface area (Å²) in [5, 5.41) is 46.3. The van der Waals surface area contributed by atoms with Crippen LogP contribution in [0.15, 0.2) is 23.3 Å². The fourth-order valence-electron chi connectivity index (χ4n) is 8.74. The van der Waals surface area contributed by atoms with E-state index in [-0.39, 0.29) is 25.4 Å². The molecule has 7 heteroatoms. The molecule has 0 amide bonds. The highest BCUT2D eigenvalue weighted by Crippen LogP contribution is 2.75. The topological polar surface area (TPSA) is 124 Å². The van der Waals surface area contributed by atoms with Gasteiger partial charge in [0, 0.05) is 41.9 Å². The Labute approximate surface area is 246 Å². The van der Waals surface area contributed by atoms with Gasteiger partial charge in [-0.25, -0.2) is 0 Å². The van der Waals surface area contributed by atoms with Crippen LogP contribution in [0, 0.1) is 29.1 Å². The van der Waals surface area contributed by atoms with Gasteiger partial charge in [0.05, 0.1) is 12.2 Å². The summed E-state index contributed by atoms with van der Waals surface area (Å²) in [7, 11) is 0. The van der Waals surface area contributed by atoms with E-state index in [1.165, 1.54) is 51.4 Å². The first kappa shape index (κ1) is 32.4. The van der Waals surface area contributed by atoms with Crippen LogP contribution in [0.25, 0.3) is 0 Å². The Morgan fingerprint density at radius 1 is 0.951 bits per heavy atom. The van der Waals surface area contributed by atoms with E-state index in [4.69, 9.17) is 4.74 Å². The zero-order chi connectivity index (χ0) is 30.2. The van der Waals surface area contributed by atoms with Crippen molar-refractivity contribution in [1.29, 1.82) is 0 Å². The maximum absolute atomic E-state index is 13.2. The summed E-state index contributed by atoms with van der Waals surface area (Å²) in [6, 6.07) is 0. The van der Waals surface area contributed by atoms with Crippen LogP contribution < -0.4 is 0 Å². The standard InChI is InChI=1S/C34H54O7/c1-6-7-8-9-10-11-12-13-14-15-16-17-27(36)41-30-23(3)33(39)25(28-31(4,5)34(28,30)40)19-24(21-35)20-32(38)26(33)18-22(2)29(32)37/h18-19,23,25-26,28,30,35,38-40H,6-17,20-21H2,1-5H3/t23-,25+,26-,28-,30+,32-,33-,34-/m1/s1. The summed E-state index contributed by atoms with van der Waals surface area (Å²) in [4.78, 5) is 26.2. The molecule has 4 N–H and O–H groups in total. The van der Waals surface area contributed by atoms with Crippen molar-refractivity contribution in [2.45, 2.75) is 141 Å². The molecule has 0 aromatic rings. The molecule has 0 unspecified atom stereocenters. The van der Waals surface area contributed by atoms with Crippen molar-refractivity contribution in [1.82, 2.24) is 0 Å². The molecule has 41 heavy (non-hydrogen) atoms. The Morgan fingerprint density at radius 3 is 2.07 bits per heavy atom. The van der Waals surface area contributed by atoms with E-state index < -0.39 is 57.8 Å². The van der Waals surface area contributed by atoms with E-state index in [0.29, 0.717) is 11.1 Å². The average molecular weight is 575 g/mol. The Hall–Kier alpha value is -1.54. The minimum atomic E-state index is -1.89. The molecule has 2 saturated carbocycles. The average Bonchev–Trinajstić information content (AvgIpc) is 3.32. The van der Waals surface area contributed by atoms with Gasteiger partial charge in [-0.05, 0) is 24.5 Å². The van der Waals surface area contributed by atoms with Crippen LogP contribution in [-0.2, 0) is 14.3 Å². The molecule has 0 bridgehead atoms. The molecule has 4 rings (SSSR count). The Morgan fingerprint density at radius 2 is 1.51 bits per heavy atom. The van der Waals surface area contributed by atoms with Gasteiger partial charge in [0.1, 0.15) is 17.3 Å². The van der Waals surface area contributed by atoms with Crippen LogP contribution in [-0.4, -0.2) is 61.7 Å². The molecule has 4 aliphatic carbocycles. The molecule has 7 nitrogen and oxygen atoms in total. The number of hydrogen-bond donors (Lipinski definition) is 4. The number of aliphatic hydroxyl groups is 4. The summed E-state index contributed by atoms with van der Waals surface area (Å²) in [5.74, 6) is -3.66. The van der Waals surface area contributed by atoms with E-state index in [1.807, 2.05) is 13.8 Å². The van der Waals surface area contributed by atoms with E-state index in [9.17, 15) is 30.0 Å². The number of ketones is 1. The highest BCUT2D eigenvalue weighted by molar-refractivity contribution is 6.04. The predicted octanol–water partition coefficient (Wildman–Crippen LogP) is 5.18. The number of fused-ring (bicyclic) bond motifs is 5. The minimum absolute atomic E-state index is 0.0821. The van der Waals surface area contributed by atoms with Crippen LogP contribution >= 0.6 is 0 Å². The molecule has 0 radical (unpaired) electrons. The van der Waals surface area contributed by atoms with Gasteiger partial charge in [-0.2, -0.15) is 0 Å². The molecule has 4 aliphatic rings. The summed E-state index contributed by atoms with van der Waals surface area (Å²) < 4.78 is 6.03. The van der Waals surface area contributed by atoms with Crippen molar-refractivity contribution in [3.05, 3.63) is 23.3 Å². The number of carbonyl (C=O) groups excluding carboxylic acids is 2. The van der Waals surface area contributed by atoms with Gasteiger partial charge in [0.2, 0.25) is 0 Å². The number of ether oxygens (including phenoxy) is 1. The van der Waals surface area contributed by atoms with Crippen molar-refractivity contribution in [3.8, 4) is 0 Å². The highest BCUT2D eigenvalue weighted by atomic mass is 16.6. The van der Waals surface area contributed by atoms with Crippen molar-refractivity contribution in [2.75, 3.05) is 6.61 Å². The first-order valence-corrected chi connectivity index (χ1v) is 16.2. The normalized spacial score (nSPS) is 38.8. The molecule has 0 aliphatic heterocycles. The number of Topliss-reactive ketones (excluding diaryl/α,β-unsaturated/α-hetero) is 1. The van der Waals surface area contributed by atoms with Gasteiger partial charge < -0.3 is 25.2 Å². The van der Waals surface area contributed by atoms with Gasteiger partial charge in [0.25, 0.3) is 0 Å².